The van der Waals surface area contributed by atoms with Crippen molar-refractivity contribution < 1.29 is 19.0 Å². The maximum absolute atomic E-state index is 13.5. The molecular formula is C28H30ClNO4. The van der Waals surface area contributed by atoms with Gasteiger partial charge in [-0.25, -0.2) is 0 Å². The molecule has 178 valence electrons. The van der Waals surface area contributed by atoms with Gasteiger partial charge in [0, 0.05) is 10.7 Å². The van der Waals surface area contributed by atoms with Crippen molar-refractivity contribution in [3.05, 3.63) is 82.4 Å². The molecule has 1 heterocycles. The van der Waals surface area contributed by atoms with Crippen LogP contribution in [-0.4, -0.2) is 26.2 Å². The molecular weight excluding hydrogens is 450 g/mol. The highest BCUT2D eigenvalue weighted by molar-refractivity contribution is 6.30. The average molecular weight is 480 g/mol. The van der Waals surface area contributed by atoms with Gasteiger partial charge in [0.1, 0.15) is 5.75 Å². The molecule has 6 heteroatoms. The Kier molecular flexibility index (Phi) is 7.32. The Morgan fingerprint density at radius 2 is 1.71 bits per heavy atom. The van der Waals surface area contributed by atoms with Gasteiger partial charge in [0.15, 0.2) is 11.5 Å². The molecule has 5 nitrogen and oxygen atoms in total. The van der Waals surface area contributed by atoms with E-state index in [9.17, 15) is 4.79 Å². The van der Waals surface area contributed by atoms with Gasteiger partial charge in [0.2, 0.25) is 5.91 Å². The van der Waals surface area contributed by atoms with E-state index in [1.807, 2.05) is 65.6 Å². The number of amides is 1. The molecule has 4 rings (SSSR count). The third-order valence-corrected chi connectivity index (χ3v) is 6.40. The minimum atomic E-state index is -0.336. The van der Waals surface area contributed by atoms with Crippen LogP contribution in [0, 0.1) is 0 Å². The molecule has 34 heavy (non-hydrogen) atoms. The largest absolute Gasteiger partial charge is 0.497 e. The predicted octanol–water partition coefficient (Wildman–Crippen LogP) is 6.60. The van der Waals surface area contributed by atoms with Gasteiger partial charge in [-0.2, -0.15) is 0 Å². The minimum Gasteiger partial charge on any atom is -0.497 e. The van der Waals surface area contributed by atoms with Crippen LogP contribution in [0.25, 0.3) is 0 Å². The Bertz CT molecular complexity index is 1140. The number of methoxy groups -OCH3 is 2. The summed E-state index contributed by atoms with van der Waals surface area (Å²) in [6, 6.07) is 18.8. The number of anilines is 1. The van der Waals surface area contributed by atoms with Crippen LogP contribution in [0.4, 0.5) is 5.69 Å². The summed E-state index contributed by atoms with van der Waals surface area (Å²) in [6.07, 6.45) is 2.29. The number of halogens is 1. The van der Waals surface area contributed by atoms with E-state index in [-0.39, 0.29) is 24.5 Å². The van der Waals surface area contributed by atoms with Crippen LogP contribution in [0.3, 0.4) is 0 Å². The Balaban J connectivity index is 1.86. The summed E-state index contributed by atoms with van der Waals surface area (Å²) in [6.45, 7) is 4.20. The molecule has 0 radical (unpaired) electrons. The fraction of sp³-hybridized carbons (Fsp3) is 0.321. The first-order valence-electron chi connectivity index (χ1n) is 11.5. The normalized spacial score (nSPS) is 16.1. The summed E-state index contributed by atoms with van der Waals surface area (Å²) in [5, 5.41) is 0.647. The smallest absolute Gasteiger partial charge is 0.232 e. The van der Waals surface area contributed by atoms with E-state index < -0.39 is 0 Å². The second kappa shape index (κ2) is 10.4. The second-order valence-electron chi connectivity index (χ2n) is 8.51. The summed E-state index contributed by atoms with van der Waals surface area (Å²) in [7, 11) is 3.26. The highest BCUT2D eigenvalue weighted by Crippen LogP contribution is 2.44. The van der Waals surface area contributed by atoms with Crippen molar-refractivity contribution in [2.45, 2.75) is 45.3 Å². The van der Waals surface area contributed by atoms with Gasteiger partial charge in [0.25, 0.3) is 0 Å². The Morgan fingerprint density at radius 1 is 1.00 bits per heavy atom. The van der Waals surface area contributed by atoms with Gasteiger partial charge in [-0.15, -0.1) is 0 Å². The first-order chi connectivity index (χ1) is 16.4. The summed E-state index contributed by atoms with van der Waals surface area (Å²) in [4.78, 5) is 15.4. The molecule has 1 aliphatic rings. The first kappa shape index (κ1) is 24.0. The van der Waals surface area contributed by atoms with E-state index in [0.717, 1.165) is 41.0 Å². The fourth-order valence-electron chi connectivity index (χ4n) is 4.50. The van der Waals surface area contributed by atoms with Gasteiger partial charge in [0.05, 0.1) is 32.8 Å². The van der Waals surface area contributed by atoms with Gasteiger partial charge in [-0.1, -0.05) is 37.1 Å². The van der Waals surface area contributed by atoms with E-state index >= 15 is 0 Å². The molecule has 1 amide bonds. The van der Waals surface area contributed by atoms with Gasteiger partial charge in [-0.05, 0) is 78.6 Å². The lowest BCUT2D eigenvalue weighted by molar-refractivity contribution is -0.118. The number of nitrogens with zero attached hydrogens (tertiary/aromatic N) is 1. The standard InChI is InChI=1S/C28H30ClNO4/c1-5-6-18(2)34-26-17-24-20(15-25(26)33-4)16-27(31)30(22-11-13-23(32-3)14-12-22)28(24)19-7-9-21(29)10-8-19/h7-15,17-18,28H,5-6,16H2,1-4H3. The number of rotatable bonds is 8. The van der Waals surface area contributed by atoms with Crippen molar-refractivity contribution in [1.82, 2.24) is 0 Å². The molecule has 0 aromatic heterocycles. The maximum atomic E-state index is 13.5. The number of hydrogen-bond donors (Lipinski definition) is 0. The van der Waals surface area contributed by atoms with Gasteiger partial charge < -0.3 is 19.1 Å². The molecule has 3 aromatic rings. The molecule has 0 aliphatic carbocycles. The highest BCUT2D eigenvalue weighted by atomic mass is 35.5. The van der Waals surface area contributed by atoms with Crippen LogP contribution < -0.4 is 19.1 Å². The first-order valence-corrected chi connectivity index (χ1v) is 11.9. The molecule has 2 unspecified atom stereocenters. The third-order valence-electron chi connectivity index (χ3n) is 6.15. The van der Waals surface area contributed by atoms with Crippen LogP contribution >= 0.6 is 11.6 Å². The van der Waals surface area contributed by atoms with E-state index in [1.54, 1.807) is 14.2 Å². The van der Waals surface area contributed by atoms with Crippen molar-refractivity contribution in [3.63, 3.8) is 0 Å². The number of fused-ring (bicyclic) bond motifs is 1. The van der Waals surface area contributed by atoms with Crippen molar-refractivity contribution in [1.29, 1.82) is 0 Å². The average Bonchev–Trinajstić information content (AvgIpc) is 2.84. The topological polar surface area (TPSA) is 48.0 Å². The number of benzene rings is 3. The lowest BCUT2D eigenvalue weighted by Crippen LogP contribution is -2.41. The zero-order valence-corrected chi connectivity index (χ0v) is 20.8. The molecule has 3 aromatic carbocycles. The zero-order chi connectivity index (χ0) is 24.2. The summed E-state index contributed by atoms with van der Waals surface area (Å²) < 4.78 is 17.2. The molecule has 2 atom stereocenters. The Morgan fingerprint density at radius 3 is 2.32 bits per heavy atom. The van der Waals surface area contributed by atoms with Crippen LogP contribution in [0.15, 0.2) is 60.7 Å². The lowest BCUT2D eigenvalue weighted by Gasteiger charge is -2.38. The quantitative estimate of drug-likeness (QED) is 0.365. The third kappa shape index (κ3) is 4.85. The SMILES string of the molecule is CCCC(C)Oc1cc2c(cc1OC)CC(=O)N(c1ccc(OC)cc1)C2c1ccc(Cl)cc1. The number of hydrogen-bond acceptors (Lipinski definition) is 4. The monoisotopic (exact) mass is 479 g/mol. The molecule has 0 N–H and O–H groups in total. The molecule has 0 spiro atoms. The highest BCUT2D eigenvalue weighted by Gasteiger charge is 2.36. The summed E-state index contributed by atoms with van der Waals surface area (Å²) in [5.74, 6) is 2.07. The van der Waals surface area contributed by atoms with E-state index in [4.69, 9.17) is 25.8 Å². The summed E-state index contributed by atoms with van der Waals surface area (Å²) >= 11 is 6.19. The van der Waals surface area contributed by atoms with Crippen molar-refractivity contribution in [3.8, 4) is 17.2 Å². The molecule has 0 saturated carbocycles. The van der Waals surface area contributed by atoms with Crippen LogP contribution in [-0.2, 0) is 11.2 Å². The molecule has 0 saturated heterocycles. The minimum absolute atomic E-state index is 0.00712. The van der Waals surface area contributed by atoms with Crippen LogP contribution in [0.5, 0.6) is 17.2 Å². The number of ether oxygens (including phenoxy) is 3. The number of carbonyl (C=O) groups excluding carboxylic acids is 1. The number of carbonyl (C=O) groups is 1. The summed E-state index contributed by atoms with van der Waals surface area (Å²) in [5.41, 5.74) is 3.71. The molecule has 0 bridgehead atoms. The maximum Gasteiger partial charge on any atom is 0.232 e. The van der Waals surface area contributed by atoms with Crippen molar-refractivity contribution in [2.24, 2.45) is 0 Å². The van der Waals surface area contributed by atoms with Crippen molar-refractivity contribution in [2.75, 3.05) is 19.1 Å². The van der Waals surface area contributed by atoms with Crippen molar-refractivity contribution >= 4 is 23.2 Å². The van der Waals surface area contributed by atoms with E-state index in [0.29, 0.717) is 16.5 Å². The lowest BCUT2D eigenvalue weighted by atomic mass is 9.86. The zero-order valence-electron chi connectivity index (χ0n) is 20.0. The van der Waals surface area contributed by atoms with Gasteiger partial charge in [-0.3, -0.25) is 4.79 Å². The fourth-order valence-corrected chi connectivity index (χ4v) is 4.63. The van der Waals surface area contributed by atoms with Crippen LogP contribution in [0.1, 0.15) is 49.4 Å². The van der Waals surface area contributed by atoms with E-state index in [1.165, 1.54) is 0 Å². The van der Waals surface area contributed by atoms with Gasteiger partial charge >= 0.3 is 0 Å². The second-order valence-corrected chi connectivity index (χ2v) is 8.95. The van der Waals surface area contributed by atoms with E-state index in [2.05, 4.69) is 13.8 Å². The van der Waals surface area contributed by atoms with Crippen LogP contribution in [0.2, 0.25) is 5.02 Å². The predicted molar refractivity (Wildman–Crippen MR) is 135 cm³/mol. The molecule has 1 aliphatic heterocycles. The molecule has 0 fully saturated rings. The Labute approximate surface area is 206 Å². The Hall–Kier alpha value is -3.18.